The molecular formula is C28H37NO5Si. The van der Waals surface area contributed by atoms with Crippen molar-refractivity contribution in [3.8, 4) is 0 Å². The molecular weight excluding hydrogens is 458 g/mol. The molecule has 0 saturated heterocycles. The minimum absolute atomic E-state index is 0.0516. The third-order valence-corrected chi connectivity index (χ3v) is 14.5. The summed E-state index contributed by atoms with van der Waals surface area (Å²) in [4.78, 5) is 23.9. The third-order valence-electron chi connectivity index (χ3n) is 9.12. The number of nitrogens with zero attached hydrogens (tertiary/aromatic N) is 1. The number of allylic oxidation sites excluding steroid dienone is 1. The Labute approximate surface area is 208 Å². The molecule has 6 nitrogen and oxygen atoms in total. The molecule has 0 spiro atoms. The highest BCUT2D eigenvalue weighted by Crippen LogP contribution is 2.58. The minimum Gasteiger partial charge on any atom is -0.470 e. The minimum atomic E-state index is -1.97. The first-order chi connectivity index (χ1) is 16.2. The summed E-state index contributed by atoms with van der Waals surface area (Å²) in [7, 11) is -1.97. The van der Waals surface area contributed by atoms with E-state index in [1.165, 1.54) is 29.8 Å². The number of furan rings is 1. The molecule has 2 aromatic rings. The first kappa shape index (κ1) is 25.4. The summed E-state index contributed by atoms with van der Waals surface area (Å²) >= 11 is 0. The van der Waals surface area contributed by atoms with Gasteiger partial charge in [-0.1, -0.05) is 59.4 Å². The lowest BCUT2D eigenvalue weighted by molar-refractivity contribution is -0.384. The second-order valence-electron chi connectivity index (χ2n) is 12.0. The molecule has 0 aliphatic heterocycles. The molecule has 0 amide bonds. The van der Waals surface area contributed by atoms with Gasteiger partial charge >= 0.3 is 5.97 Å². The van der Waals surface area contributed by atoms with E-state index in [4.69, 9.17) is 9.15 Å². The number of hydrogen-bond acceptors (Lipinski definition) is 5. The van der Waals surface area contributed by atoms with E-state index in [1.54, 1.807) is 0 Å². The largest absolute Gasteiger partial charge is 0.470 e. The van der Waals surface area contributed by atoms with Crippen molar-refractivity contribution in [1.82, 2.24) is 0 Å². The summed E-state index contributed by atoms with van der Waals surface area (Å²) in [5.74, 6) is 0.781. The standard InChI is InChI=1S/C28H37NO5Si/c1-17-10-9-11-20-16-22-23(18(2)26(33-22)35(7,8)27(3,4)5)24(28(17,20)6)34-25(30)19-12-14-21(15-13-19)29(31)32/h11-15,17,24H,9-10,16H2,1-8H3. The Morgan fingerprint density at radius 1 is 1.23 bits per heavy atom. The first-order valence-electron chi connectivity index (χ1n) is 12.5. The van der Waals surface area contributed by atoms with Crippen LogP contribution in [0.1, 0.15) is 80.8 Å². The number of carbonyl (C=O) groups excluding carboxylic acids is 1. The summed E-state index contributed by atoms with van der Waals surface area (Å²) < 4.78 is 13.0. The molecule has 4 rings (SSSR count). The maximum atomic E-state index is 13.4. The van der Waals surface area contributed by atoms with Gasteiger partial charge in [-0.2, -0.15) is 0 Å². The Balaban J connectivity index is 1.83. The van der Waals surface area contributed by atoms with Crippen molar-refractivity contribution in [2.24, 2.45) is 11.3 Å². The molecule has 3 atom stereocenters. The van der Waals surface area contributed by atoms with Crippen molar-refractivity contribution in [3.05, 3.63) is 68.5 Å². The maximum Gasteiger partial charge on any atom is 0.338 e. The molecule has 0 saturated carbocycles. The van der Waals surface area contributed by atoms with Gasteiger partial charge in [0.15, 0.2) is 0 Å². The SMILES string of the molecule is Cc1c([Si](C)(C)C(C)(C)C)oc2c1C(OC(=O)c1ccc([N+](=O)[O-])cc1)C1(C)C(=CCCC1C)C2. The van der Waals surface area contributed by atoms with Gasteiger partial charge in [-0.3, -0.25) is 10.1 Å². The van der Waals surface area contributed by atoms with Crippen LogP contribution in [0.5, 0.6) is 0 Å². The van der Waals surface area contributed by atoms with Gasteiger partial charge < -0.3 is 9.15 Å². The first-order valence-corrected chi connectivity index (χ1v) is 15.5. The lowest BCUT2D eigenvalue weighted by Gasteiger charge is -2.48. The number of benzene rings is 1. The van der Waals surface area contributed by atoms with Crippen molar-refractivity contribution in [3.63, 3.8) is 0 Å². The Kier molecular flexibility index (Phi) is 6.15. The summed E-state index contributed by atoms with van der Waals surface area (Å²) in [6.45, 7) is 18.1. The molecule has 1 heterocycles. The number of hydrogen-bond donors (Lipinski definition) is 0. The maximum absolute atomic E-state index is 13.4. The van der Waals surface area contributed by atoms with Crippen LogP contribution >= 0.6 is 0 Å². The van der Waals surface area contributed by atoms with Crippen LogP contribution in [0.2, 0.25) is 18.1 Å². The van der Waals surface area contributed by atoms with Crippen LogP contribution in [-0.2, 0) is 11.2 Å². The van der Waals surface area contributed by atoms with Gasteiger partial charge in [0.1, 0.15) is 19.9 Å². The number of rotatable bonds is 4. The highest BCUT2D eigenvalue weighted by atomic mass is 28.3. The predicted octanol–water partition coefficient (Wildman–Crippen LogP) is 7.03. The van der Waals surface area contributed by atoms with Crippen LogP contribution in [0.15, 0.2) is 40.3 Å². The molecule has 3 unspecified atom stereocenters. The van der Waals surface area contributed by atoms with E-state index in [0.717, 1.165) is 41.5 Å². The fourth-order valence-electron chi connectivity index (χ4n) is 5.58. The molecule has 0 N–H and O–H groups in total. The zero-order valence-electron chi connectivity index (χ0n) is 22.2. The zero-order valence-corrected chi connectivity index (χ0v) is 23.2. The molecule has 2 aliphatic rings. The van der Waals surface area contributed by atoms with E-state index in [1.807, 2.05) is 0 Å². The van der Waals surface area contributed by atoms with Gasteiger partial charge in [0.2, 0.25) is 0 Å². The van der Waals surface area contributed by atoms with Crippen LogP contribution in [0.4, 0.5) is 5.69 Å². The second kappa shape index (κ2) is 8.47. The molecule has 0 radical (unpaired) electrons. The Morgan fingerprint density at radius 3 is 2.43 bits per heavy atom. The average molecular weight is 496 g/mol. The topological polar surface area (TPSA) is 82.6 Å². The van der Waals surface area contributed by atoms with Gasteiger partial charge in [-0.15, -0.1) is 0 Å². The van der Waals surface area contributed by atoms with Crippen LogP contribution in [0.25, 0.3) is 0 Å². The van der Waals surface area contributed by atoms with Crippen molar-refractivity contribution < 1.29 is 18.9 Å². The normalized spacial score (nSPS) is 24.3. The van der Waals surface area contributed by atoms with Gasteiger partial charge in [-0.05, 0) is 48.4 Å². The molecule has 7 heteroatoms. The lowest BCUT2D eigenvalue weighted by atomic mass is 9.58. The monoisotopic (exact) mass is 495 g/mol. The molecule has 0 bridgehead atoms. The number of carbonyl (C=O) groups is 1. The predicted molar refractivity (Wildman–Crippen MR) is 140 cm³/mol. The van der Waals surface area contributed by atoms with Gasteiger partial charge in [0, 0.05) is 29.5 Å². The highest BCUT2D eigenvalue weighted by molar-refractivity contribution is 6.91. The Hall–Kier alpha value is -2.67. The smallest absolute Gasteiger partial charge is 0.338 e. The fraction of sp³-hybridized carbons (Fsp3) is 0.536. The number of nitro benzene ring substituents is 1. The third kappa shape index (κ3) is 3.98. The van der Waals surface area contributed by atoms with Crippen LogP contribution < -0.4 is 5.38 Å². The summed E-state index contributed by atoms with van der Waals surface area (Å²) in [6.07, 6.45) is 4.63. The Bertz CT molecular complexity index is 1200. The molecule has 0 fully saturated rings. The van der Waals surface area contributed by atoms with E-state index in [-0.39, 0.29) is 16.1 Å². The van der Waals surface area contributed by atoms with Gasteiger partial charge in [0.05, 0.1) is 15.9 Å². The van der Waals surface area contributed by atoms with E-state index in [0.29, 0.717) is 11.5 Å². The van der Waals surface area contributed by atoms with E-state index >= 15 is 0 Å². The molecule has 1 aromatic carbocycles. The van der Waals surface area contributed by atoms with Crippen molar-refractivity contribution in [2.75, 3.05) is 0 Å². The Morgan fingerprint density at radius 2 is 1.86 bits per heavy atom. The van der Waals surface area contributed by atoms with Crippen LogP contribution in [0.3, 0.4) is 0 Å². The van der Waals surface area contributed by atoms with Crippen LogP contribution in [-0.4, -0.2) is 19.0 Å². The number of esters is 1. The number of fused-ring (bicyclic) bond motifs is 2. The lowest BCUT2D eigenvalue weighted by Crippen LogP contribution is -2.50. The summed E-state index contributed by atoms with van der Waals surface area (Å²) in [5.41, 5.74) is 3.34. The number of nitro groups is 1. The van der Waals surface area contributed by atoms with E-state index < -0.39 is 25.1 Å². The van der Waals surface area contributed by atoms with E-state index in [2.05, 4.69) is 60.7 Å². The highest BCUT2D eigenvalue weighted by Gasteiger charge is 2.53. The number of non-ortho nitro benzene ring substituents is 1. The molecule has 2 aliphatic carbocycles. The quantitative estimate of drug-likeness (QED) is 0.149. The van der Waals surface area contributed by atoms with Crippen molar-refractivity contribution in [2.45, 2.75) is 85.0 Å². The van der Waals surface area contributed by atoms with Crippen LogP contribution in [0, 0.1) is 28.4 Å². The van der Waals surface area contributed by atoms with Crippen molar-refractivity contribution in [1.29, 1.82) is 0 Å². The molecule has 1 aromatic heterocycles. The van der Waals surface area contributed by atoms with Gasteiger partial charge in [-0.25, -0.2) is 4.79 Å². The summed E-state index contributed by atoms with van der Waals surface area (Å²) in [6, 6.07) is 5.63. The second-order valence-corrected chi connectivity index (χ2v) is 17.2. The average Bonchev–Trinajstić information content (AvgIpc) is 3.11. The van der Waals surface area contributed by atoms with E-state index in [9.17, 15) is 14.9 Å². The zero-order chi connectivity index (χ0) is 25.9. The molecule has 35 heavy (non-hydrogen) atoms. The molecule has 188 valence electrons. The number of ether oxygens (including phenoxy) is 1. The summed E-state index contributed by atoms with van der Waals surface area (Å²) in [5, 5.41) is 12.2. The van der Waals surface area contributed by atoms with Gasteiger partial charge in [0.25, 0.3) is 5.69 Å². The van der Waals surface area contributed by atoms with Crippen molar-refractivity contribution >= 4 is 25.1 Å². The fourth-order valence-corrected chi connectivity index (χ4v) is 7.71.